The molecule has 0 aliphatic heterocycles. The van der Waals surface area contributed by atoms with Crippen LogP contribution in [-0.2, 0) is 0 Å². The Balaban J connectivity index is 0.00000150. The fraction of sp³-hybridized carbons (Fsp3) is 0.0400. The molecule has 52 heavy (non-hydrogen) atoms. The summed E-state index contributed by atoms with van der Waals surface area (Å²) in [6, 6.07) is 60.6. The molecule has 0 atom stereocenters. The summed E-state index contributed by atoms with van der Waals surface area (Å²) in [5.74, 6) is 0. The summed E-state index contributed by atoms with van der Waals surface area (Å²) in [6.07, 6.45) is 7.39. The van der Waals surface area contributed by atoms with Gasteiger partial charge in [-0.2, -0.15) is 0 Å². The van der Waals surface area contributed by atoms with Gasteiger partial charge in [-0.1, -0.05) is 147 Å². The maximum atomic E-state index is 3.98. The van der Waals surface area contributed by atoms with Gasteiger partial charge in [-0.3, -0.25) is 0 Å². The van der Waals surface area contributed by atoms with Gasteiger partial charge in [-0.05, 0) is 112 Å². The summed E-state index contributed by atoms with van der Waals surface area (Å²) in [6.45, 7) is 13.1. The van der Waals surface area contributed by atoms with E-state index in [0.717, 1.165) is 39.6 Å². The zero-order chi connectivity index (χ0) is 36.3. The molecule has 0 radical (unpaired) electrons. The lowest BCUT2D eigenvalue weighted by Gasteiger charge is -2.26. The van der Waals surface area contributed by atoms with Crippen molar-refractivity contribution < 1.29 is 0 Å². The number of rotatable bonds is 10. The number of benzene rings is 7. The van der Waals surface area contributed by atoms with Gasteiger partial charge in [-0.15, -0.1) is 6.58 Å². The number of allylic oxidation sites excluding steroid dienone is 5. The molecule has 0 unspecified atom stereocenters. The van der Waals surface area contributed by atoms with E-state index in [2.05, 4.69) is 206 Å². The lowest BCUT2D eigenvalue weighted by molar-refractivity contribution is 1.21. The van der Waals surface area contributed by atoms with Crippen molar-refractivity contribution in [2.24, 2.45) is 0 Å². The number of anilines is 5. The van der Waals surface area contributed by atoms with Crippen LogP contribution in [-0.4, -0.2) is 7.05 Å². The molecule has 7 rings (SSSR count). The van der Waals surface area contributed by atoms with Crippen molar-refractivity contribution in [1.82, 2.24) is 0 Å². The standard InChI is InChI=1S/C47H38N2.C3H6/c1-4-12-35(5-2)38-21-28-44(29-22-38)49(47-32-25-37-15-9-10-16-41(37)34-47)45-30-23-40(24-31-45)39-19-26-43(27-20-39)48(3)46-18-11-17-42(33-46)36-13-7-6-8-14-36;1-3-2/h4-34H,1-2H2,3H3;3H,1H2,2H3/b35-12+;. The van der Waals surface area contributed by atoms with E-state index in [1.54, 1.807) is 12.2 Å². The first-order valence-corrected chi connectivity index (χ1v) is 17.5. The SMILES string of the molecule is C=C/C=C(\C=C)c1ccc(N(c2ccc(-c3ccc(N(C)c4cccc(-c5ccccc5)c4)cc3)cc2)c2ccc3ccccc3c2)cc1.C=CC. The van der Waals surface area contributed by atoms with Crippen molar-refractivity contribution >= 4 is 44.8 Å². The van der Waals surface area contributed by atoms with E-state index in [0.29, 0.717) is 0 Å². The Kier molecular flexibility index (Phi) is 11.4. The van der Waals surface area contributed by atoms with Crippen LogP contribution in [0.15, 0.2) is 214 Å². The second-order valence-corrected chi connectivity index (χ2v) is 12.5. The van der Waals surface area contributed by atoms with Crippen LogP contribution in [0.4, 0.5) is 28.4 Å². The molecular weight excluding hydrogens is 629 g/mol. The van der Waals surface area contributed by atoms with Crippen molar-refractivity contribution in [1.29, 1.82) is 0 Å². The van der Waals surface area contributed by atoms with Crippen LogP contribution in [0.5, 0.6) is 0 Å². The zero-order valence-electron chi connectivity index (χ0n) is 30.0. The Hall–Kier alpha value is -6.64. The van der Waals surface area contributed by atoms with Crippen LogP contribution in [0.25, 0.3) is 38.6 Å². The maximum absolute atomic E-state index is 3.98. The van der Waals surface area contributed by atoms with E-state index in [-0.39, 0.29) is 0 Å². The van der Waals surface area contributed by atoms with E-state index in [4.69, 9.17) is 0 Å². The first-order valence-electron chi connectivity index (χ1n) is 17.5. The number of hydrogen-bond acceptors (Lipinski definition) is 2. The molecule has 254 valence electrons. The average Bonchev–Trinajstić information content (AvgIpc) is 3.21. The van der Waals surface area contributed by atoms with Crippen molar-refractivity contribution in [2.75, 3.05) is 16.8 Å². The highest BCUT2D eigenvalue weighted by Crippen LogP contribution is 2.38. The van der Waals surface area contributed by atoms with Gasteiger partial charge in [0.2, 0.25) is 0 Å². The lowest BCUT2D eigenvalue weighted by atomic mass is 10.0. The minimum Gasteiger partial charge on any atom is -0.345 e. The number of nitrogens with zero attached hydrogens (tertiary/aromatic N) is 2. The van der Waals surface area contributed by atoms with Crippen molar-refractivity contribution in [3.63, 3.8) is 0 Å². The predicted octanol–water partition coefficient (Wildman–Crippen LogP) is 14.4. The van der Waals surface area contributed by atoms with E-state index in [9.17, 15) is 0 Å². The van der Waals surface area contributed by atoms with Gasteiger partial charge in [0, 0.05) is 35.5 Å². The smallest absolute Gasteiger partial charge is 0.0468 e. The topological polar surface area (TPSA) is 6.48 Å². The number of hydrogen-bond donors (Lipinski definition) is 0. The molecule has 0 aliphatic carbocycles. The molecule has 7 aromatic rings. The Morgan fingerprint density at radius 2 is 0.981 bits per heavy atom. The van der Waals surface area contributed by atoms with Crippen LogP contribution in [0.3, 0.4) is 0 Å². The molecule has 0 aromatic heterocycles. The highest BCUT2D eigenvalue weighted by Gasteiger charge is 2.14. The minimum absolute atomic E-state index is 1.04. The second-order valence-electron chi connectivity index (χ2n) is 12.5. The summed E-state index contributed by atoms with van der Waals surface area (Å²) in [7, 11) is 2.12. The summed E-state index contributed by atoms with van der Waals surface area (Å²) < 4.78 is 0. The van der Waals surface area contributed by atoms with Gasteiger partial charge in [0.05, 0.1) is 0 Å². The molecule has 7 aromatic carbocycles. The lowest BCUT2D eigenvalue weighted by Crippen LogP contribution is -2.10. The first-order chi connectivity index (χ1) is 25.5. The van der Waals surface area contributed by atoms with E-state index >= 15 is 0 Å². The molecule has 0 saturated carbocycles. The van der Waals surface area contributed by atoms with E-state index in [1.807, 2.05) is 19.1 Å². The summed E-state index contributed by atoms with van der Waals surface area (Å²) >= 11 is 0. The van der Waals surface area contributed by atoms with Crippen molar-refractivity contribution in [2.45, 2.75) is 6.92 Å². The third-order valence-electron chi connectivity index (χ3n) is 9.02. The van der Waals surface area contributed by atoms with Crippen molar-refractivity contribution in [3.05, 3.63) is 219 Å². The van der Waals surface area contributed by atoms with E-state index < -0.39 is 0 Å². The molecule has 0 heterocycles. The van der Waals surface area contributed by atoms with Crippen LogP contribution >= 0.6 is 0 Å². The Labute approximate surface area is 309 Å². The van der Waals surface area contributed by atoms with Gasteiger partial charge < -0.3 is 9.80 Å². The van der Waals surface area contributed by atoms with Gasteiger partial charge in [-0.25, -0.2) is 0 Å². The Morgan fingerprint density at radius 1 is 0.462 bits per heavy atom. The molecule has 0 N–H and O–H groups in total. The molecule has 0 spiro atoms. The molecule has 0 bridgehead atoms. The fourth-order valence-corrected chi connectivity index (χ4v) is 6.33. The number of fused-ring (bicyclic) bond motifs is 1. The average molecular weight is 673 g/mol. The van der Waals surface area contributed by atoms with Crippen LogP contribution in [0, 0.1) is 0 Å². The van der Waals surface area contributed by atoms with E-state index in [1.165, 1.54) is 33.0 Å². The molecule has 0 saturated heterocycles. The van der Waals surface area contributed by atoms with Gasteiger partial charge in [0.25, 0.3) is 0 Å². The van der Waals surface area contributed by atoms with Gasteiger partial charge >= 0.3 is 0 Å². The second kappa shape index (κ2) is 16.8. The van der Waals surface area contributed by atoms with Crippen LogP contribution in [0.1, 0.15) is 12.5 Å². The fourth-order valence-electron chi connectivity index (χ4n) is 6.33. The normalized spacial score (nSPS) is 10.8. The molecule has 0 amide bonds. The quantitative estimate of drug-likeness (QED) is 0.105. The molecule has 2 heteroatoms. The summed E-state index contributed by atoms with van der Waals surface area (Å²) in [5.41, 5.74) is 12.5. The largest absolute Gasteiger partial charge is 0.345 e. The third-order valence-corrected chi connectivity index (χ3v) is 9.02. The Bertz CT molecular complexity index is 2300. The van der Waals surface area contributed by atoms with Gasteiger partial charge in [0.1, 0.15) is 0 Å². The molecule has 0 fully saturated rings. The maximum Gasteiger partial charge on any atom is 0.0468 e. The predicted molar refractivity (Wildman–Crippen MR) is 228 cm³/mol. The Morgan fingerprint density at radius 3 is 1.60 bits per heavy atom. The zero-order valence-corrected chi connectivity index (χ0v) is 30.0. The minimum atomic E-state index is 1.04. The highest BCUT2D eigenvalue weighted by molar-refractivity contribution is 5.90. The summed E-state index contributed by atoms with van der Waals surface area (Å²) in [5, 5.41) is 2.43. The summed E-state index contributed by atoms with van der Waals surface area (Å²) in [4.78, 5) is 4.55. The molecule has 0 aliphatic rings. The highest BCUT2D eigenvalue weighted by atomic mass is 15.1. The molecular formula is C50H44N2. The first kappa shape index (κ1) is 35.2. The van der Waals surface area contributed by atoms with Crippen LogP contribution < -0.4 is 9.80 Å². The third kappa shape index (κ3) is 8.04. The van der Waals surface area contributed by atoms with Crippen molar-refractivity contribution in [3.8, 4) is 22.3 Å². The molecule has 2 nitrogen and oxygen atoms in total. The van der Waals surface area contributed by atoms with Gasteiger partial charge in [0.15, 0.2) is 0 Å². The monoisotopic (exact) mass is 672 g/mol. The van der Waals surface area contributed by atoms with Crippen LogP contribution in [0.2, 0.25) is 0 Å².